The molecule has 2 aromatic rings. The summed E-state index contributed by atoms with van der Waals surface area (Å²) in [6.45, 7) is 1.50. The summed E-state index contributed by atoms with van der Waals surface area (Å²) in [7, 11) is 3.43. The first kappa shape index (κ1) is 32.0. The van der Waals surface area contributed by atoms with Crippen molar-refractivity contribution < 1.29 is 43.6 Å². The van der Waals surface area contributed by atoms with Gasteiger partial charge in [-0.15, -0.1) is 32.0 Å². The molecule has 222 valence electrons. The Labute approximate surface area is 244 Å². The van der Waals surface area contributed by atoms with Crippen LogP contribution in [0.1, 0.15) is 16.8 Å². The highest BCUT2D eigenvalue weighted by Gasteiger charge is 2.24. The van der Waals surface area contributed by atoms with Gasteiger partial charge in [0.05, 0.1) is 19.6 Å². The second kappa shape index (κ2) is 14.4. The standard InChI is InChI=1S/C23H27N4O11PS2/c1-24(2)16-3-8-20(21(13-16)37-22(28)14-18(38-27(32)33)15-35-26(30)31)23(29)36-17-4-6-19(7-5-17)39(40,41)25-9-11-34-12-10-25/h3-8,13,18H,9-12,14-15H2,1-2H3,(H,40,41)/p-1. The maximum absolute atomic E-state index is 13.1. The van der Waals surface area contributed by atoms with Gasteiger partial charge in [-0.05, 0) is 29.6 Å². The molecule has 2 atom stereocenters. The zero-order valence-corrected chi connectivity index (χ0v) is 24.4. The predicted molar refractivity (Wildman–Crippen MR) is 151 cm³/mol. The van der Waals surface area contributed by atoms with E-state index in [9.17, 15) is 29.8 Å². The minimum atomic E-state index is -2.43. The van der Waals surface area contributed by atoms with Crippen LogP contribution in [-0.2, 0) is 43.3 Å². The summed E-state index contributed by atoms with van der Waals surface area (Å²) in [5.74, 6) is -1.94. The molecular formula is C23H26N4O11PS2-. The molecule has 0 amide bonds. The van der Waals surface area contributed by atoms with E-state index in [-0.39, 0.29) is 17.1 Å². The van der Waals surface area contributed by atoms with E-state index in [4.69, 9.17) is 38.3 Å². The van der Waals surface area contributed by atoms with Crippen molar-refractivity contribution in [1.82, 2.24) is 4.67 Å². The van der Waals surface area contributed by atoms with Gasteiger partial charge in [-0.3, -0.25) is 9.46 Å². The van der Waals surface area contributed by atoms with Gasteiger partial charge in [0.25, 0.3) is 10.2 Å². The number of morpholine rings is 1. The molecule has 1 heterocycles. The molecule has 1 aliphatic rings. The summed E-state index contributed by atoms with van der Waals surface area (Å²) in [5, 5.41) is 17.1. The average Bonchev–Trinajstić information content (AvgIpc) is 2.92. The van der Waals surface area contributed by atoms with Gasteiger partial charge >= 0.3 is 11.9 Å². The van der Waals surface area contributed by atoms with Crippen LogP contribution in [0.15, 0.2) is 42.5 Å². The summed E-state index contributed by atoms with van der Waals surface area (Å²) >= 11 is 11.5. The normalized spacial score (nSPS) is 15.6. The molecule has 18 heteroatoms. The van der Waals surface area contributed by atoms with Crippen molar-refractivity contribution >= 4 is 52.4 Å². The molecule has 0 N–H and O–H groups in total. The van der Waals surface area contributed by atoms with Gasteiger partial charge < -0.3 is 41.0 Å². The Morgan fingerprint density at radius 1 is 1.10 bits per heavy atom. The Bertz CT molecular complexity index is 1320. The molecule has 15 nitrogen and oxygen atoms in total. The first-order valence-corrected chi connectivity index (χ1v) is 15.7. The van der Waals surface area contributed by atoms with Crippen molar-refractivity contribution in [2.75, 3.05) is 51.9 Å². The van der Waals surface area contributed by atoms with E-state index in [0.29, 0.717) is 32.0 Å². The Morgan fingerprint density at radius 2 is 1.76 bits per heavy atom. The lowest BCUT2D eigenvalue weighted by molar-refractivity contribution is -0.789. The van der Waals surface area contributed by atoms with Gasteiger partial charge in [-0.1, -0.05) is 17.5 Å². The summed E-state index contributed by atoms with van der Waals surface area (Å²) in [6.07, 6.45) is -2.41. The van der Waals surface area contributed by atoms with Crippen LogP contribution in [0.25, 0.3) is 0 Å². The van der Waals surface area contributed by atoms with Crippen LogP contribution in [0.4, 0.5) is 5.69 Å². The number of rotatable bonds is 13. The molecule has 2 unspecified atom stereocenters. The van der Waals surface area contributed by atoms with Crippen molar-refractivity contribution in [3.63, 3.8) is 0 Å². The maximum Gasteiger partial charge on any atom is 0.347 e. The van der Waals surface area contributed by atoms with E-state index < -0.39 is 46.6 Å². The van der Waals surface area contributed by atoms with E-state index in [1.807, 2.05) is 0 Å². The van der Waals surface area contributed by atoms with Crippen LogP contribution < -0.4 is 19.7 Å². The van der Waals surface area contributed by atoms with Gasteiger partial charge in [0, 0.05) is 38.9 Å². The lowest BCUT2D eigenvalue weighted by Gasteiger charge is -2.43. The number of hydrogen-bond acceptors (Lipinski definition) is 14. The Balaban J connectivity index is 1.76. The smallest absolute Gasteiger partial charge is 0.347 e. The number of carbonyl (C=O) groups excluding carboxylic acids is 2. The fraction of sp³-hybridized carbons (Fsp3) is 0.391. The molecule has 1 fully saturated rings. The third-order valence-corrected chi connectivity index (χ3v) is 10.4. The zero-order chi connectivity index (χ0) is 30.2. The molecule has 2 aromatic carbocycles. The molecule has 0 radical (unpaired) electrons. The van der Waals surface area contributed by atoms with E-state index >= 15 is 0 Å². The van der Waals surface area contributed by atoms with Crippen molar-refractivity contribution in [2.45, 2.75) is 12.5 Å². The molecule has 41 heavy (non-hydrogen) atoms. The number of nitrogens with zero attached hydrogens (tertiary/aromatic N) is 4. The monoisotopic (exact) mass is 629 g/mol. The molecule has 1 aliphatic heterocycles. The number of benzene rings is 2. The van der Waals surface area contributed by atoms with Crippen LogP contribution in [0.3, 0.4) is 0 Å². The van der Waals surface area contributed by atoms with Gasteiger partial charge in [0.2, 0.25) is 0 Å². The second-order valence-corrected chi connectivity index (χ2v) is 14.7. The Morgan fingerprint density at radius 3 is 2.34 bits per heavy atom. The van der Waals surface area contributed by atoms with Gasteiger partial charge in [-0.2, -0.15) is 0 Å². The minimum Gasteiger partial charge on any atom is -0.727 e. The largest absolute Gasteiger partial charge is 0.727 e. The van der Waals surface area contributed by atoms with E-state index in [0.717, 1.165) is 5.30 Å². The van der Waals surface area contributed by atoms with Crippen LogP contribution in [-0.4, -0.2) is 79.9 Å². The van der Waals surface area contributed by atoms with E-state index in [1.165, 1.54) is 12.1 Å². The summed E-state index contributed by atoms with van der Waals surface area (Å²) < 4.78 is 18.2. The molecule has 0 bridgehead atoms. The summed E-state index contributed by atoms with van der Waals surface area (Å²) in [6, 6.07) is 10.9. The summed E-state index contributed by atoms with van der Waals surface area (Å²) in [4.78, 5) is 56.9. The Hall–Kier alpha value is -3.50. The molecule has 1 saturated heterocycles. The minimum absolute atomic E-state index is 0.122. The van der Waals surface area contributed by atoms with Crippen LogP contribution in [0, 0.1) is 20.2 Å². The summed E-state index contributed by atoms with van der Waals surface area (Å²) in [5.41, 5.74) is 0.436. The van der Waals surface area contributed by atoms with Crippen molar-refractivity contribution in [3.8, 4) is 11.5 Å². The molecule has 0 aromatic heterocycles. The SMILES string of the molecule is CN(C)c1ccc(C(=O)Oc2ccc(P(=S)([S-])N3CCOCC3)cc2)c(OC(=O)CC(CO[N+](=O)[O-])O[N+](=O)[O-])c1. The zero-order valence-electron chi connectivity index (χ0n) is 21.9. The third-order valence-electron chi connectivity index (χ3n) is 5.65. The molecular weight excluding hydrogens is 603 g/mol. The number of ether oxygens (including phenoxy) is 3. The van der Waals surface area contributed by atoms with Crippen LogP contribution in [0.5, 0.6) is 11.5 Å². The molecule has 3 rings (SSSR count). The van der Waals surface area contributed by atoms with Gasteiger partial charge in [0.1, 0.15) is 29.8 Å². The molecule has 0 saturated carbocycles. The fourth-order valence-electron chi connectivity index (χ4n) is 3.63. The first-order valence-electron chi connectivity index (χ1n) is 11.9. The van der Waals surface area contributed by atoms with Crippen molar-refractivity contribution in [1.29, 1.82) is 0 Å². The molecule has 0 aliphatic carbocycles. The van der Waals surface area contributed by atoms with Crippen LogP contribution >= 0.6 is 5.39 Å². The average molecular weight is 630 g/mol. The van der Waals surface area contributed by atoms with Gasteiger partial charge in [-0.25, -0.2) is 4.79 Å². The van der Waals surface area contributed by atoms with Crippen molar-refractivity contribution in [3.05, 3.63) is 68.3 Å². The predicted octanol–water partition coefficient (Wildman–Crippen LogP) is 1.87. The highest BCUT2D eigenvalue weighted by molar-refractivity contribution is 8.56. The van der Waals surface area contributed by atoms with Gasteiger partial charge in [0.15, 0.2) is 0 Å². The number of hydrogen-bond donors (Lipinski definition) is 0. The first-order chi connectivity index (χ1) is 19.4. The highest BCUT2D eigenvalue weighted by atomic mass is 32.9. The Kier molecular flexibility index (Phi) is 11.3. The number of esters is 2. The van der Waals surface area contributed by atoms with E-state index in [1.54, 1.807) is 49.3 Å². The maximum atomic E-state index is 13.1. The molecule has 0 spiro atoms. The van der Waals surface area contributed by atoms with Crippen molar-refractivity contribution in [2.24, 2.45) is 0 Å². The quantitative estimate of drug-likeness (QED) is 0.0784. The second-order valence-electron chi connectivity index (χ2n) is 8.69. The topological polar surface area (TPSA) is 173 Å². The number of carbonyl (C=O) groups is 2. The van der Waals surface area contributed by atoms with Crippen LogP contribution in [0.2, 0.25) is 0 Å². The number of anilines is 1. The fourth-order valence-corrected chi connectivity index (χ4v) is 6.88. The lowest BCUT2D eigenvalue weighted by atomic mass is 10.1. The lowest BCUT2D eigenvalue weighted by Crippen LogP contribution is -2.35. The highest BCUT2D eigenvalue weighted by Crippen LogP contribution is 2.46. The van der Waals surface area contributed by atoms with E-state index in [2.05, 4.69) is 14.3 Å². The third kappa shape index (κ3) is 9.26.